The fourth-order valence-corrected chi connectivity index (χ4v) is 4.84. The van der Waals surface area contributed by atoms with Gasteiger partial charge >= 0.3 is 0 Å². The molecule has 1 unspecified atom stereocenters. The third-order valence-corrected chi connectivity index (χ3v) is 5.87. The standard InChI is InChI=1S/C12H23NO3S/c1-10(2)16-5-4-12(8-13-9-12)11-3-6-17(14,15)7-11/h10-11,13H,3-9H2,1-2H3. The van der Waals surface area contributed by atoms with Crippen molar-refractivity contribution in [3.05, 3.63) is 0 Å². The molecule has 2 saturated heterocycles. The second kappa shape index (κ2) is 4.86. The normalized spacial score (nSPS) is 30.4. The summed E-state index contributed by atoms with van der Waals surface area (Å²) in [5.41, 5.74) is 0.179. The van der Waals surface area contributed by atoms with Gasteiger partial charge in [0, 0.05) is 25.1 Å². The highest BCUT2D eigenvalue weighted by molar-refractivity contribution is 7.91. The summed E-state index contributed by atoms with van der Waals surface area (Å²) in [6.45, 7) is 6.72. The lowest BCUT2D eigenvalue weighted by Crippen LogP contribution is -2.58. The second-order valence-corrected chi connectivity index (χ2v) is 7.96. The molecule has 0 aromatic carbocycles. The molecular weight excluding hydrogens is 238 g/mol. The Labute approximate surface area is 104 Å². The van der Waals surface area contributed by atoms with Crippen LogP contribution in [-0.4, -0.2) is 45.7 Å². The lowest BCUT2D eigenvalue weighted by Gasteiger charge is -2.47. The van der Waals surface area contributed by atoms with Crippen molar-refractivity contribution in [3.8, 4) is 0 Å². The summed E-state index contributed by atoms with van der Waals surface area (Å²) in [7, 11) is -2.76. The first-order chi connectivity index (χ1) is 7.94. The molecule has 2 aliphatic heterocycles. The first-order valence-corrected chi connectivity index (χ1v) is 8.28. The summed E-state index contributed by atoms with van der Waals surface area (Å²) in [6, 6.07) is 0. The summed E-state index contributed by atoms with van der Waals surface area (Å²) in [6.07, 6.45) is 2.08. The maximum absolute atomic E-state index is 11.6. The van der Waals surface area contributed by atoms with Gasteiger partial charge in [-0.2, -0.15) is 0 Å². The van der Waals surface area contributed by atoms with E-state index in [4.69, 9.17) is 4.74 Å². The van der Waals surface area contributed by atoms with Gasteiger partial charge in [-0.3, -0.25) is 0 Å². The molecule has 2 aliphatic rings. The Morgan fingerprint density at radius 1 is 1.41 bits per heavy atom. The van der Waals surface area contributed by atoms with E-state index >= 15 is 0 Å². The first-order valence-electron chi connectivity index (χ1n) is 6.46. The van der Waals surface area contributed by atoms with Crippen LogP contribution in [0.4, 0.5) is 0 Å². The van der Waals surface area contributed by atoms with Crippen LogP contribution in [-0.2, 0) is 14.6 Å². The van der Waals surface area contributed by atoms with E-state index < -0.39 is 9.84 Å². The minimum Gasteiger partial charge on any atom is -0.379 e. The van der Waals surface area contributed by atoms with Crippen molar-refractivity contribution in [2.75, 3.05) is 31.2 Å². The van der Waals surface area contributed by atoms with Crippen LogP contribution < -0.4 is 5.32 Å². The third-order valence-electron chi connectivity index (χ3n) is 4.10. The van der Waals surface area contributed by atoms with E-state index in [1.807, 2.05) is 13.8 Å². The molecule has 2 rings (SSSR count). The number of hydrogen-bond acceptors (Lipinski definition) is 4. The van der Waals surface area contributed by atoms with Crippen molar-refractivity contribution in [1.82, 2.24) is 5.32 Å². The van der Waals surface area contributed by atoms with Crippen molar-refractivity contribution in [2.45, 2.75) is 32.8 Å². The van der Waals surface area contributed by atoms with Crippen molar-refractivity contribution >= 4 is 9.84 Å². The van der Waals surface area contributed by atoms with E-state index in [0.29, 0.717) is 17.4 Å². The summed E-state index contributed by atoms with van der Waals surface area (Å²) >= 11 is 0. The number of ether oxygens (including phenoxy) is 1. The summed E-state index contributed by atoms with van der Waals surface area (Å²) in [4.78, 5) is 0. The van der Waals surface area contributed by atoms with E-state index in [-0.39, 0.29) is 11.5 Å². The zero-order chi connectivity index (χ0) is 12.5. The number of nitrogens with one attached hydrogen (secondary N) is 1. The minimum atomic E-state index is -2.76. The molecular formula is C12H23NO3S. The molecule has 0 aromatic rings. The van der Waals surface area contributed by atoms with Crippen LogP contribution in [0.5, 0.6) is 0 Å². The van der Waals surface area contributed by atoms with Crippen LogP contribution in [0, 0.1) is 11.3 Å². The van der Waals surface area contributed by atoms with Crippen molar-refractivity contribution in [1.29, 1.82) is 0 Å². The Hall–Kier alpha value is -0.130. The maximum atomic E-state index is 11.6. The molecule has 0 aromatic heterocycles. The molecule has 0 aliphatic carbocycles. The van der Waals surface area contributed by atoms with Gasteiger partial charge in [0.05, 0.1) is 17.6 Å². The van der Waals surface area contributed by atoms with Crippen molar-refractivity contribution in [2.24, 2.45) is 11.3 Å². The highest BCUT2D eigenvalue weighted by atomic mass is 32.2. The molecule has 2 heterocycles. The zero-order valence-corrected chi connectivity index (χ0v) is 11.6. The molecule has 0 saturated carbocycles. The van der Waals surface area contributed by atoms with Crippen LogP contribution in [0.2, 0.25) is 0 Å². The first kappa shape index (κ1) is 13.3. The predicted molar refractivity (Wildman–Crippen MR) is 67.8 cm³/mol. The molecule has 100 valence electrons. The molecule has 2 fully saturated rings. The Morgan fingerprint density at radius 2 is 2.12 bits per heavy atom. The average molecular weight is 261 g/mol. The van der Waals surface area contributed by atoms with E-state index in [1.165, 1.54) is 0 Å². The van der Waals surface area contributed by atoms with Crippen LogP contribution in [0.25, 0.3) is 0 Å². The largest absolute Gasteiger partial charge is 0.379 e. The summed E-state index contributed by atoms with van der Waals surface area (Å²) in [5.74, 6) is 1.10. The highest BCUT2D eigenvalue weighted by Gasteiger charge is 2.47. The van der Waals surface area contributed by atoms with Gasteiger partial charge in [-0.15, -0.1) is 0 Å². The fraction of sp³-hybridized carbons (Fsp3) is 1.00. The monoisotopic (exact) mass is 261 g/mol. The van der Waals surface area contributed by atoms with Crippen LogP contribution in [0.1, 0.15) is 26.7 Å². The summed E-state index contributed by atoms with van der Waals surface area (Å²) in [5, 5.41) is 3.29. The van der Waals surface area contributed by atoms with Crippen LogP contribution >= 0.6 is 0 Å². The van der Waals surface area contributed by atoms with E-state index in [9.17, 15) is 8.42 Å². The van der Waals surface area contributed by atoms with Gasteiger partial charge in [0.1, 0.15) is 0 Å². The van der Waals surface area contributed by atoms with Crippen molar-refractivity contribution < 1.29 is 13.2 Å². The Balaban J connectivity index is 1.91. The van der Waals surface area contributed by atoms with Gasteiger partial charge in [-0.1, -0.05) is 0 Å². The molecule has 5 heteroatoms. The molecule has 1 N–H and O–H groups in total. The number of rotatable bonds is 5. The molecule has 0 spiro atoms. The molecule has 17 heavy (non-hydrogen) atoms. The summed E-state index contributed by atoms with van der Waals surface area (Å²) < 4.78 is 28.7. The van der Waals surface area contributed by atoms with E-state index in [0.717, 1.165) is 32.5 Å². The quantitative estimate of drug-likeness (QED) is 0.796. The lowest BCUT2D eigenvalue weighted by molar-refractivity contribution is 0.00949. The highest BCUT2D eigenvalue weighted by Crippen LogP contribution is 2.41. The van der Waals surface area contributed by atoms with Gasteiger partial charge in [-0.25, -0.2) is 8.42 Å². The minimum absolute atomic E-state index is 0.179. The van der Waals surface area contributed by atoms with Gasteiger partial charge in [-0.05, 0) is 32.6 Å². The second-order valence-electron chi connectivity index (χ2n) is 5.74. The van der Waals surface area contributed by atoms with E-state index in [2.05, 4.69) is 5.32 Å². The Kier molecular flexibility index (Phi) is 3.80. The Morgan fingerprint density at radius 3 is 2.53 bits per heavy atom. The fourth-order valence-electron chi connectivity index (χ4n) is 2.89. The smallest absolute Gasteiger partial charge is 0.150 e. The number of hydrogen-bond donors (Lipinski definition) is 1. The predicted octanol–water partition coefficient (Wildman–Crippen LogP) is 0.826. The SMILES string of the molecule is CC(C)OCCC1(C2CCS(=O)(=O)C2)CNC1. The molecule has 1 atom stereocenters. The van der Waals surface area contributed by atoms with Gasteiger partial charge in [0.25, 0.3) is 0 Å². The molecule has 0 bridgehead atoms. The van der Waals surface area contributed by atoms with Gasteiger partial charge < -0.3 is 10.1 Å². The topological polar surface area (TPSA) is 55.4 Å². The van der Waals surface area contributed by atoms with Gasteiger partial charge in [0.15, 0.2) is 9.84 Å². The lowest BCUT2D eigenvalue weighted by atomic mass is 9.68. The molecule has 0 amide bonds. The molecule has 0 radical (unpaired) electrons. The maximum Gasteiger partial charge on any atom is 0.150 e. The average Bonchev–Trinajstić information content (AvgIpc) is 2.50. The third kappa shape index (κ3) is 3.01. The van der Waals surface area contributed by atoms with Crippen LogP contribution in [0.3, 0.4) is 0 Å². The zero-order valence-electron chi connectivity index (χ0n) is 10.7. The van der Waals surface area contributed by atoms with Crippen molar-refractivity contribution in [3.63, 3.8) is 0 Å². The van der Waals surface area contributed by atoms with E-state index in [1.54, 1.807) is 0 Å². The van der Waals surface area contributed by atoms with Crippen LogP contribution in [0.15, 0.2) is 0 Å². The number of sulfone groups is 1. The Bertz CT molecular complexity index is 360. The van der Waals surface area contributed by atoms with Gasteiger partial charge in [0.2, 0.25) is 0 Å². The molecule has 4 nitrogen and oxygen atoms in total.